The van der Waals surface area contributed by atoms with Crippen LogP contribution in [-0.4, -0.2) is 7.76 Å². The van der Waals surface area contributed by atoms with Crippen molar-refractivity contribution >= 4 is 33.9 Å². The summed E-state index contributed by atoms with van der Waals surface area (Å²) in [5.74, 6) is -0.370. The smallest absolute Gasteiger partial charge is 0.267 e. The van der Waals surface area contributed by atoms with Crippen molar-refractivity contribution in [1.29, 1.82) is 0 Å². The second-order valence-corrected chi connectivity index (χ2v) is 3.48. The summed E-state index contributed by atoms with van der Waals surface area (Å²) in [7, 11) is 0. The highest BCUT2D eigenvalue weighted by Crippen LogP contribution is 2.12. The van der Waals surface area contributed by atoms with E-state index in [1.807, 2.05) is 22.9 Å². The third-order valence-corrected chi connectivity index (χ3v) is 2.65. The Morgan fingerprint density at radius 3 is 3.00 bits per heavy atom. The lowest BCUT2D eigenvalue weighted by molar-refractivity contribution is 0.629. The zero-order valence-corrected chi connectivity index (χ0v) is 8.53. The molecule has 0 fully saturated rings. The zero-order valence-electron chi connectivity index (χ0n) is 6.37. The Kier molecular flexibility index (Phi) is 2.03. The van der Waals surface area contributed by atoms with E-state index >= 15 is 0 Å². The highest BCUT2D eigenvalue weighted by molar-refractivity contribution is 14.1. The quantitative estimate of drug-likeness (QED) is 0.693. The van der Waals surface area contributed by atoms with E-state index in [1.165, 1.54) is 21.1 Å². The molecule has 1 heterocycles. The molecule has 2 rings (SSSR count). The Balaban J connectivity index is 2.97. The average Bonchev–Trinajstić information content (AvgIpc) is 2.12. The highest BCUT2D eigenvalue weighted by Gasteiger charge is 2.02. The first-order valence-electron chi connectivity index (χ1n) is 3.52. The molecule has 1 aromatic carbocycles. The summed E-state index contributed by atoms with van der Waals surface area (Å²) in [5.41, 5.74) is 0.849. The van der Waals surface area contributed by atoms with Crippen molar-refractivity contribution in [3.8, 4) is 0 Å². The van der Waals surface area contributed by atoms with E-state index in [0.29, 0.717) is 11.0 Å². The Morgan fingerprint density at radius 1 is 1.46 bits per heavy atom. The Labute approximate surface area is 86.7 Å². The molecule has 0 bridgehead atoms. The fourth-order valence-corrected chi connectivity index (χ4v) is 1.57. The first-order valence-corrected chi connectivity index (χ1v) is 4.48. The minimum absolute atomic E-state index is 0.251. The van der Waals surface area contributed by atoms with E-state index in [9.17, 15) is 9.18 Å². The van der Waals surface area contributed by atoms with Gasteiger partial charge in [0.05, 0.1) is 40.1 Å². The van der Waals surface area contributed by atoms with Crippen LogP contribution in [0.1, 0.15) is 0 Å². The molecular formula is C8H4FIN2O. The summed E-state index contributed by atoms with van der Waals surface area (Å²) in [5, 5.41) is 0. The molecule has 0 aliphatic rings. The topological polar surface area (TPSA) is 34.9 Å². The molecule has 0 radical (unpaired) electrons. The van der Waals surface area contributed by atoms with Gasteiger partial charge in [-0.3, -0.25) is 4.79 Å². The average molecular weight is 290 g/mol. The van der Waals surface area contributed by atoms with Gasteiger partial charge in [0.1, 0.15) is 5.82 Å². The molecule has 13 heavy (non-hydrogen) atoms. The van der Waals surface area contributed by atoms with Crippen LogP contribution in [0.2, 0.25) is 0 Å². The van der Waals surface area contributed by atoms with Gasteiger partial charge in [-0.1, -0.05) is 0 Å². The van der Waals surface area contributed by atoms with Gasteiger partial charge in [-0.15, -0.1) is 0 Å². The molecule has 2 aromatic rings. The van der Waals surface area contributed by atoms with Crippen molar-refractivity contribution in [2.24, 2.45) is 0 Å². The number of nitrogens with zero attached hydrogens (tertiary/aromatic N) is 2. The van der Waals surface area contributed by atoms with Gasteiger partial charge in [0.15, 0.2) is 0 Å². The number of benzene rings is 1. The normalized spacial score (nSPS) is 10.6. The van der Waals surface area contributed by atoms with Crippen LogP contribution in [0.3, 0.4) is 0 Å². The maximum absolute atomic E-state index is 12.8. The van der Waals surface area contributed by atoms with Crippen LogP contribution < -0.4 is 5.56 Å². The molecule has 0 atom stereocenters. The van der Waals surface area contributed by atoms with Gasteiger partial charge >= 0.3 is 0 Å². The molecule has 3 nitrogen and oxygen atoms in total. The summed E-state index contributed by atoms with van der Waals surface area (Å²) in [6, 6.07) is 4.14. The van der Waals surface area contributed by atoms with Crippen LogP contribution >= 0.6 is 22.9 Å². The van der Waals surface area contributed by atoms with Crippen molar-refractivity contribution in [2.45, 2.75) is 0 Å². The molecule has 5 heteroatoms. The summed E-state index contributed by atoms with van der Waals surface area (Å²) in [6.45, 7) is 0. The zero-order chi connectivity index (χ0) is 9.42. The van der Waals surface area contributed by atoms with Gasteiger partial charge in [-0.25, -0.2) is 12.2 Å². The molecule has 0 amide bonds. The van der Waals surface area contributed by atoms with Crippen LogP contribution in [0.25, 0.3) is 11.0 Å². The van der Waals surface area contributed by atoms with Crippen LogP contribution in [-0.2, 0) is 0 Å². The van der Waals surface area contributed by atoms with Crippen LogP contribution in [0, 0.1) is 5.82 Å². The molecule has 0 saturated carbocycles. The number of aromatic nitrogens is 2. The molecule has 1 aromatic heterocycles. The fraction of sp³-hybridized carbons (Fsp3) is 0. The lowest BCUT2D eigenvalue weighted by Gasteiger charge is -2.00. The highest BCUT2D eigenvalue weighted by atomic mass is 127. The number of hydrogen-bond acceptors (Lipinski definition) is 2. The molecule has 0 N–H and O–H groups in total. The predicted molar refractivity (Wildman–Crippen MR) is 55.4 cm³/mol. The van der Waals surface area contributed by atoms with Crippen LogP contribution in [0.4, 0.5) is 4.39 Å². The van der Waals surface area contributed by atoms with Crippen LogP contribution in [0.15, 0.2) is 29.2 Å². The van der Waals surface area contributed by atoms with Crippen molar-refractivity contribution in [2.75, 3.05) is 0 Å². The van der Waals surface area contributed by atoms with Gasteiger partial charge in [0.25, 0.3) is 5.56 Å². The number of halogens is 2. The van der Waals surface area contributed by atoms with Gasteiger partial charge in [0.2, 0.25) is 0 Å². The van der Waals surface area contributed by atoms with E-state index in [4.69, 9.17) is 0 Å². The number of hydrogen-bond donors (Lipinski definition) is 0. The maximum atomic E-state index is 12.8. The van der Waals surface area contributed by atoms with E-state index < -0.39 is 0 Å². The van der Waals surface area contributed by atoms with Gasteiger partial charge in [-0.2, -0.15) is 0 Å². The fourth-order valence-electron chi connectivity index (χ4n) is 1.06. The van der Waals surface area contributed by atoms with E-state index in [0.717, 1.165) is 0 Å². The largest absolute Gasteiger partial charge is 0.278 e. The molecular weight excluding hydrogens is 286 g/mol. The van der Waals surface area contributed by atoms with Crippen molar-refractivity contribution in [1.82, 2.24) is 7.76 Å². The SMILES string of the molecule is O=c1cnc2ccc(F)cc2n1I. The van der Waals surface area contributed by atoms with Gasteiger partial charge in [-0.05, 0) is 12.1 Å². The Morgan fingerprint density at radius 2 is 2.23 bits per heavy atom. The molecule has 66 valence electrons. The number of fused-ring (bicyclic) bond motifs is 1. The Hall–Kier alpha value is -0.980. The Bertz CT molecular complexity index is 523. The molecule has 0 aliphatic carbocycles. The third-order valence-electron chi connectivity index (χ3n) is 1.66. The summed E-state index contributed by atoms with van der Waals surface area (Å²) < 4.78 is 14.1. The summed E-state index contributed by atoms with van der Waals surface area (Å²) in [6.07, 6.45) is 1.21. The van der Waals surface area contributed by atoms with Crippen molar-refractivity contribution < 1.29 is 4.39 Å². The third kappa shape index (κ3) is 1.43. The monoisotopic (exact) mass is 290 g/mol. The van der Waals surface area contributed by atoms with E-state index in [2.05, 4.69) is 4.98 Å². The summed E-state index contributed by atoms with van der Waals surface area (Å²) >= 11 is 1.82. The van der Waals surface area contributed by atoms with Crippen molar-refractivity contribution in [3.05, 3.63) is 40.6 Å². The second-order valence-electron chi connectivity index (χ2n) is 2.51. The minimum atomic E-state index is -0.370. The first kappa shape index (κ1) is 8.61. The summed E-state index contributed by atoms with van der Waals surface area (Å²) in [4.78, 5) is 15.0. The second kappa shape index (κ2) is 3.06. The molecule has 0 spiro atoms. The lowest BCUT2D eigenvalue weighted by atomic mass is 10.3. The van der Waals surface area contributed by atoms with Gasteiger partial charge < -0.3 is 0 Å². The van der Waals surface area contributed by atoms with Gasteiger partial charge in [0, 0.05) is 6.07 Å². The van der Waals surface area contributed by atoms with E-state index in [1.54, 1.807) is 6.07 Å². The molecule has 0 aliphatic heterocycles. The van der Waals surface area contributed by atoms with Crippen molar-refractivity contribution in [3.63, 3.8) is 0 Å². The first-order chi connectivity index (χ1) is 6.18. The maximum Gasteiger partial charge on any atom is 0.278 e. The molecule has 0 saturated heterocycles. The molecule has 0 unspecified atom stereocenters. The predicted octanol–water partition coefficient (Wildman–Crippen LogP) is 1.73. The van der Waals surface area contributed by atoms with Crippen LogP contribution in [0.5, 0.6) is 0 Å². The lowest BCUT2D eigenvalue weighted by Crippen LogP contribution is -2.12. The van der Waals surface area contributed by atoms with E-state index in [-0.39, 0.29) is 11.4 Å². The minimum Gasteiger partial charge on any atom is -0.267 e. The number of rotatable bonds is 0. The standard InChI is InChI=1S/C8H4FIN2O/c9-5-1-2-6-7(3-5)12(10)8(13)4-11-6/h1-4H.